The number of nitrogens with one attached hydrogen (secondary N) is 1. The molecule has 0 unspecified atom stereocenters. The molecule has 0 amide bonds. The fourth-order valence-corrected chi connectivity index (χ4v) is 2.69. The maximum Gasteiger partial charge on any atom is 0.277 e. The third kappa shape index (κ3) is 2.64. The van der Waals surface area contributed by atoms with Crippen LogP contribution in [0.25, 0.3) is 5.78 Å². The third-order valence-electron chi connectivity index (χ3n) is 3.65. The Morgan fingerprint density at radius 2 is 2.05 bits per heavy atom. The summed E-state index contributed by atoms with van der Waals surface area (Å²) in [5.41, 5.74) is 2.13. The fraction of sp³-hybridized carbons (Fsp3) is 0.312. The van der Waals surface area contributed by atoms with E-state index >= 15 is 0 Å². The van der Waals surface area contributed by atoms with Crippen LogP contribution in [0.5, 0.6) is 0 Å². The van der Waals surface area contributed by atoms with Gasteiger partial charge in [0.25, 0.3) is 11.3 Å². The van der Waals surface area contributed by atoms with Gasteiger partial charge in [0, 0.05) is 23.4 Å². The van der Waals surface area contributed by atoms with Crippen LogP contribution in [0, 0.1) is 6.92 Å². The Balaban J connectivity index is 2.10. The number of hydrogen-bond donors (Lipinski definition) is 1. The molecule has 1 aromatic carbocycles. The van der Waals surface area contributed by atoms with Crippen LogP contribution in [0.15, 0.2) is 29.1 Å². The van der Waals surface area contributed by atoms with E-state index in [0.29, 0.717) is 28.5 Å². The molecule has 0 bridgehead atoms. The number of aryl methyl sites for hydroxylation is 2. The number of halogens is 1. The Morgan fingerprint density at radius 3 is 2.77 bits per heavy atom. The summed E-state index contributed by atoms with van der Waals surface area (Å²) in [6.45, 7) is 3.90. The van der Waals surface area contributed by atoms with E-state index in [1.54, 1.807) is 0 Å². The van der Waals surface area contributed by atoms with Crippen molar-refractivity contribution in [1.82, 2.24) is 19.6 Å². The summed E-state index contributed by atoms with van der Waals surface area (Å²) in [7, 11) is 0. The molecule has 3 rings (SSSR count). The van der Waals surface area contributed by atoms with Gasteiger partial charge in [-0.05, 0) is 25.0 Å². The monoisotopic (exact) mass is 316 g/mol. The minimum absolute atomic E-state index is 0.114. The first-order valence-electron chi connectivity index (χ1n) is 7.30. The molecule has 0 fully saturated rings. The van der Waals surface area contributed by atoms with Crippen molar-refractivity contribution in [2.45, 2.75) is 33.1 Å². The second kappa shape index (κ2) is 5.93. The molecule has 2 aromatic heterocycles. The molecule has 0 saturated carbocycles. The van der Waals surface area contributed by atoms with Crippen molar-refractivity contribution in [2.24, 2.45) is 0 Å². The second-order valence-electron chi connectivity index (χ2n) is 5.30. The van der Waals surface area contributed by atoms with E-state index in [9.17, 15) is 4.79 Å². The van der Waals surface area contributed by atoms with E-state index in [1.807, 2.05) is 31.2 Å². The van der Waals surface area contributed by atoms with Crippen LogP contribution in [0.4, 0.5) is 0 Å². The average molecular weight is 317 g/mol. The summed E-state index contributed by atoms with van der Waals surface area (Å²) in [6, 6.07) is 7.53. The van der Waals surface area contributed by atoms with Crippen molar-refractivity contribution < 1.29 is 0 Å². The number of fused-ring (bicyclic) bond motifs is 1. The van der Waals surface area contributed by atoms with E-state index < -0.39 is 0 Å². The van der Waals surface area contributed by atoms with Crippen LogP contribution in [-0.4, -0.2) is 19.6 Å². The second-order valence-corrected chi connectivity index (χ2v) is 5.71. The van der Waals surface area contributed by atoms with Crippen molar-refractivity contribution in [2.75, 3.05) is 0 Å². The van der Waals surface area contributed by atoms with Gasteiger partial charge in [-0.25, -0.2) is 4.98 Å². The number of H-pyrrole nitrogens is 1. The standard InChI is InChI=1S/C16H17ClN4O/c1-3-6-14-19-16-18-10(2)12(15(22)21(16)20-14)9-11-7-4-5-8-13(11)17/h4-5,7-8H,3,6,9H2,1-2H3,(H,18,19,20). The summed E-state index contributed by atoms with van der Waals surface area (Å²) >= 11 is 6.19. The first kappa shape index (κ1) is 14.8. The summed E-state index contributed by atoms with van der Waals surface area (Å²) in [5, 5.41) is 3.69. The summed E-state index contributed by atoms with van der Waals surface area (Å²) in [4.78, 5) is 21.5. The molecule has 0 radical (unpaired) electrons. The van der Waals surface area contributed by atoms with Crippen molar-refractivity contribution in [3.05, 3.63) is 62.3 Å². The molecule has 0 aliphatic heterocycles. The molecule has 0 saturated heterocycles. The van der Waals surface area contributed by atoms with Crippen LogP contribution < -0.4 is 5.56 Å². The molecular weight excluding hydrogens is 300 g/mol. The van der Waals surface area contributed by atoms with Crippen LogP contribution >= 0.6 is 11.6 Å². The Labute approximate surface area is 133 Å². The minimum Gasteiger partial charge on any atom is -0.275 e. The maximum absolute atomic E-state index is 12.7. The molecule has 0 atom stereocenters. The number of aromatic nitrogens is 4. The van der Waals surface area contributed by atoms with Crippen molar-refractivity contribution in [3.8, 4) is 0 Å². The zero-order valence-corrected chi connectivity index (χ0v) is 13.3. The molecule has 0 aliphatic rings. The predicted molar refractivity (Wildman–Crippen MR) is 86.6 cm³/mol. The third-order valence-corrected chi connectivity index (χ3v) is 4.02. The molecule has 5 nitrogen and oxygen atoms in total. The SMILES string of the molecule is CCCc1nc2nc(C)c(Cc3ccccc3Cl)c(=O)n2[nH]1. The van der Waals surface area contributed by atoms with Crippen molar-refractivity contribution >= 4 is 17.4 Å². The fourth-order valence-electron chi connectivity index (χ4n) is 2.48. The van der Waals surface area contributed by atoms with Gasteiger partial charge in [0.2, 0.25) is 0 Å². The highest BCUT2D eigenvalue weighted by Crippen LogP contribution is 2.18. The lowest BCUT2D eigenvalue weighted by Crippen LogP contribution is -2.22. The number of nitrogens with zero attached hydrogens (tertiary/aromatic N) is 3. The minimum atomic E-state index is -0.114. The lowest BCUT2D eigenvalue weighted by molar-refractivity contribution is 0.797. The van der Waals surface area contributed by atoms with Crippen molar-refractivity contribution in [3.63, 3.8) is 0 Å². The number of hydrogen-bond acceptors (Lipinski definition) is 3. The van der Waals surface area contributed by atoms with Crippen LogP contribution in [0.1, 0.15) is 36.0 Å². The zero-order valence-electron chi connectivity index (χ0n) is 12.6. The van der Waals surface area contributed by atoms with Gasteiger partial charge in [0.1, 0.15) is 5.82 Å². The number of rotatable bonds is 4. The topological polar surface area (TPSA) is 63.1 Å². The van der Waals surface area contributed by atoms with E-state index in [-0.39, 0.29) is 5.56 Å². The highest BCUT2D eigenvalue weighted by molar-refractivity contribution is 6.31. The molecule has 114 valence electrons. The van der Waals surface area contributed by atoms with Crippen LogP contribution in [0.2, 0.25) is 5.02 Å². The molecule has 2 heterocycles. The Hall–Kier alpha value is -2.14. The van der Waals surface area contributed by atoms with Gasteiger partial charge in [0.15, 0.2) is 0 Å². The van der Waals surface area contributed by atoms with E-state index in [1.165, 1.54) is 4.52 Å². The predicted octanol–water partition coefficient (Wildman–Crippen LogP) is 2.92. The largest absolute Gasteiger partial charge is 0.277 e. The molecule has 0 spiro atoms. The highest BCUT2D eigenvalue weighted by Gasteiger charge is 2.14. The molecular formula is C16H17ClN4O. The van der Waals surface area contributed by atoms with E-state index in [4.69, 9.17) is 11.6 Å². The van der Waals surface area contributed by atoms with Crippen molar-refractivity contribution in [1.29, 1.82) is 0 Å². The lowest BCUT2D eigenvalue weighted by Gasteiger charge is -2.06. The van der Waals surface area contributed by atoms with Gasteiger partial charge in [0.05, 0.1) is 5.69 Å². The normalized spacial score (nSPS) is 11.2. The quantitative estimate of drug-likeness (QED) is 0.805. The lowest BCUT2D eigenvalue weighted by atomic mass is 10.1. The van der Waals surface area contributed by atoms with E-state index in [0.717, 1.165) is 24.2 Å². The summed E-state index contributed by atoms with van der Waals surface area (Å²) < 4.78 is 1.42. The number of benzene rings is 1. The highest BCUT2D eigenvalue weighted by atomic mass is 35.5. The summed E-state index contributed by atoms with van der Waals surface area (Å²) in [6.07, 6.45) is 2.21. The first-order valence-corrected chi connectivity index (χ1v) is 7.68. The first-order chi connectivity index (χ1) is 10.6. The van der Waals surface area contributed by atoms with E-state index in [2.05, 4.69) is 22.0 Å². The maximum atomic E-state index is 12.7. The molecule has 3 aromatic rings. The number of aromatic amines is 1. The molecule has 0 aliphatic carbocycles. The van der Waals surface area contributed by atoms with Gasteiger partial charge in [-0.3, -0.25) is 9.89 Å². The Morgan fingerprint density at radius 1 is 1.27 bits per heavy atom. The van der Waals surface area contributed by atoms with Gasteiger partial charge in [-0.2, -0.15) is 9.50 Å². The van der Waals surface area contributed by atoms with Gasteiger partial charge < -0.3 is 0 Å². The molecule has 1 N–H and O–H groups in total. The van der Waals surface area contributed by atoms with Crippen LogP contribution in [-0.2, 0) is 12.8 Å². The summed E-state index contributed by atoms with van der Waals surface area (Å²) in [5.74, 6) is 1.20. The van der Waals surface area contributed by atoms with Gasteiger partial charge >= 0.3 is 0 Å². The smallest absolute Gasteiger partial charge is 0.275 e. The Kier molecular flexibility index (Phi) is 3.98. The van der Waals surface area contributed by atoms with Gasteiger partial charge in [-0.15, -0.1) is 0 Å². The molecule has 22 heavy (non-hydrogen) atoms. The molecule has 6 heteroatoms. The van der Waals surface area contributed by atoms with Gasteiger partial charge in [-0.1, -0.05) is 36.7 Å². The zero-order chi connectivity index (χ0) is 15.7. The Bertz CT molecular complexity index is 881. The average Bonchev–Trinajstić information content (AvgIpc) is 2.88. The van der Waals surface area contributed by atoms with Crippen LogP contribution in [0.3, 0.4) is 0 Å².